The van der Waals surface area contributed by atoms with E-state index in [0.717, 1.165) is 18.2 Å². The fourth-order valence-electron chi connectivity index (χ4n) is 1.49. The number of amides is 1. The van der Waals surface area contributed by atoms with E-state index in [2.05, 4.69) is 15.5 Å². The van der Waals surface area contributed by atoms with Gasteiger partial charge in [0.15, 0.2) is 5.82 Å². The van der Waals surface area contributed by atoms with Crippen LogP contribution < -0.4 is 5.32 Å². The summed E-state index contributed by atoms with van der Waals surface area (Å²) >= 11 is 0. The maximum absolute atomic E-state index is 13.6. The molecular formula is C11H9FN4O3. The van der Waals surface area contributed by atoms with Crippen molar-refractivity contribution >= 4 is 17.3 Å². The van der Waals surface area contributed by atoms with Gasteiger partial charge in [0.05, 0.1) is 28.4 Å². The molecule has 19 heavy (non-hydrogen) atoms. The Morgan fingerprint density at radius 3 is 2.79 bits per heavy atom. The summed E-state index contributed by atoms with van der Waals surface area (Å²) < 4.78 is 13.6. The Morgan fingerprint density at radius 1 is 1.53 bits per heavy atom. The first-order chi connectivity index (χ1) is 8.99. The maximum Gasteiger partial charge on any atom is 0.272 e. The quantitative estimate of drug-likeness (QED) is 0.654. The van der Waals surface area contributed by atoms with Crippen LogP contribution in [-0.4, -0.2) is 21.0 Å². The van der Waals surface area contributed by atoms with Crippen LogP contribution in [0.3, 0.4) is 0 Å². The molecule has 1 aromatic carbocycles. The molecular weight excluding hydrogens is 255 g/mol. The number of hydrogen-bond acceptors (Lipinski definition) is 4. The monoisotopic (exact) mass is 264 g/mol. The van der Waals surface area contributed by atoms with Crippen LogP contribution in [0.1, 0.15) is 16.1 Å². The van der Waals surface area contributed by atoms with Gasteiger partial charge in [-0.15, -0.1) is 0 Å². The lowest BCUT2D eigenvalue weighted by molar-refractivity contribution is -0.385. The topological polar surface area (TPSA) is 101 Å². The number of halogens is 1. The van der Waals surface area contributed by atoms with E-state index in [1.54, 1.807) is 6.92 Å². The van der Waals surface area contributed by atoms with E-state index in [1.165, 1.54) is 6.20 Å². The molecule has 7 nitrogen and oxygen atoms in total. The van der Waals surface area contributed by atoms with Gasteiger partial charge in [-0.1, -0.05) is 0 Å². The average Bonchev–Trinajstić information content (AvgIpc) is 2.77. The van der Waals surface area contributed by atoms with Gasteiger partial charge in [-0.05, 0) is 13.0 Å². The molecule has 2 aromatic rings. The lowest BCUT2D eigenvalue weighted by Gasteiger charge is -2.05. The van der Waals surface area contributed by atoms with E-state index in [-0.39, 0.29) is 16.9 Å². The minimum atomic E-state index is -0.872. The summed E-state index contributed by atoms with van der Waals surface area (Å²) in [4.78, 5) is 21.5. The number of anilines is 1. The van der Waals surface area contributed by atoms with Crippen molar-refractivity contribution in [1.82, 2.24) is 10.2 Å². The Labute approximate surface area is 106 Å². The van der Waals surface area contributed by atoms with Crippen molar-refractivity contribution in [3.05, 3.63) is 51.6 Å². The number of aryl methyl sites for hydroxylation is 1. The number of H-pyrrole nitrogens is 1. The first-order valence-electron chi connectivity index (χ1n) is 5.24. The minimum absolute atomic E-state index is 0.129. The molecule has 0 aliphatic carbocycles. The summed E-state index contributed by atoms with van der Waals surface area (Å²) in [5.74, 6) is -1.41. The Kier molecular flexibility index (Phi) is 3.23. The lowest BCUT2D eigenvalue weighted by atomic mass is 10.2. The highest BCUT2D eigenvalue weighted by Gasteiger charge is 2.15. The van der Waals surface area contributed by atoms with Crippen LogP contribution in [0.15, 0.2) is 24.4 Å². The van der Waals surface area contributed by atoms with Crippen molar-refractivity contribution < 1.29 is 14.1 Å². The minimum Gasteiger partial charge on any atom is -0.319 e. The van der Waals surface area contributed by atoms with Crippen molar-refractivity contribution in [3.63, 3.8) is 0 Å². The summed E-state index contributed by atoms with van der Waals surface area (Å²) in [6, 6.07) is 3.00. The van der Waals surface area contributed by atoms with Gasteiger partial charge in [0.25, 0.3) is 11.6 Å². The Balaban J connectivity index is 2.23. The summed E-state index contributed by atoms with van der Waals surface area (Å²) in [5.41, 5.74) is 0.309. The highest BCUT2D eigenvalue weighted by Crippen LogP contribution is 2.21. The van der Waals surface area contributed by atoms with E-state index < -0.39 is 16.6 Å². The van der Waals surface area contributed by atoms with Gasteiger partial charge >= 0.3 is 0 Å². The first-order valence-corrected chi connectivity index (χ1v) is 5.24. The second-order valence-corrected chi connectivity index (χ2v) is 3.78. The number of nitro groups is 1. The Morgan fingerprint density at radius 2 is 2.26 bits per heavy atom. The van der Waals surface area contributed by atoms with Gasteiger partial charge < -0.3 is 5.32 Å². The van der Waals surface area contributed by atoms with Crippen molar-refractivity contribution in [2.24, 2.45) is 0 Å². The van der Waals surface area contributed by atoms with Crippen LogP contribution in [0.2, 0.25) is 0 Å². The van der Waals surface area contributed by atoms with Crippen molar-refractivity contribution in [3.8, 4) is 0 Å². The summed E-state index contributed by atoms with van der Waals surface area (Å²) in [5, 5.41) is 19.0. The number of non-ortho nitro benzene ring substituents is 1. The molecule has 0 saturated carbocycles. The van der Waals surface area contributed by atoms with Crippen molar-refractivity contribution in [2.45, 2.75) is 6.92 Å². The number of aromatic nitrogens is 2. The van der Waals surface area contributed by atoms with Gasteiger partial charge in [0, 0.05) is 11.8 Å². The largest absolute Gasteiger partial charge is 0.319 e. The van der Waals surface area contributed by atoms with E-state index >= 15 is 0 Å². The third-order valence-electron chi connectivity index (χ3n) is 2.49. The van der Waals surface area contributed by atoms with E-state index in [9.17, 15) is 19.3 Å². The molecule has 0 bridgehead atoms. The van der Waals surface area contributed by atoms with E-state index in [0.29, 0.717) is 5.69 Å². The molecule has 2 N–H and O–H groups in total. The molecule has 0 radical (unpaired) electrons. The predicted molar refractivity (Wildman–Crippen MR) is 64.3 cm³/mol. The van der Waals surface area contributed by atoms with Crippen LogP contribution >= 0.6 is 0 Å². The summed E-state index contributed by atoms with van der Waals surface area (Å²) in [6.45, 7) is 1.65. The van der Waals surface area contributed by atoms with Crippen LogP contribution in [0.25, 0.3) is 0 Å². The first kappa shape index (κ1) is 12.7. The van der Waals surface area contributed by atoms with E-state index in [4.69, 9.17) is 0 Å². The highest BCUT2D eigenvalue weighted by molar-refractivity contribution is 6.04. The third kappa shape index (κ3) is 2.57. The molecule has 0 unspecified atom stereocenters. The molecule has 1 aromatic heterocycles. The fourth-order valence-corrected chi connectivity index (χ4v) is 1.49. The molecule has 0 spiro atoms. The van der Waals surface area contributed by atoms with Gasteiger partial charge in [-0.2, -0.15) is 5.10 Å². The molecule has 2 rings (SSSR count). The maximum atomic E-state index is 13.6. The number of carbonyl (C=O) groups excluding carboxylic acids is 1. The normalized spacial score (nSPS) is 10.2. The molecule has 0 atom stereocenters. The molecule has 0 aliphatic rings. The molecule has 1 amide bonds. The second kappa shape index (κ2) is 4.84. The van der Waals surface area contributed by atoms with Gasteiger partial charge in [0.2, 0.25) is 0 Å². The number of carbonyl (C=O) groups is 1. The molecule has 98 valence electrons. The number of hydrogen-bond donors (Lipinski definition) is 2. The zero-order valence-electron chi connectivity index (χ0n) is 9.81. The van der Waals surface area contributed by atoms with Crippen LogP contribution in [-0.2, 0) is 0 Å². The zero-order chi connectivity index (χ0) is 14.0. The molecule has 8 heteroatoms. The average molecular weight is 264 g/mol. The lowest BCUT2D eigenvalue weighted by Crippen LogP contribution is -2.13. The zero-order valence-corrected chi connectivity index (χ0v) is 9.81. The van der Waals surface area contributed by atoms with Gasteiger partial charge in [-0.25, -0.2) is 4.39 Å². The number of nitrogens with one attached hydrogen (secondary N) is 2. The van der Waals surface area contributed by atoms with Crippen molar-refractivity contribution in [1.29, 1.82) is 0 Å². The molecule has 0 aliphatic heterocycles. The molecule has 0 fully saturated rings. The number of rotatable bonds is 3. The summed E-state index contributed by atoms with van der Waals surface area (Å²) in [7, 11) is 0. The van der Waals surface area contributed by atoms with Crippen molar-refractivity contribution in [2.75, 3.05) is 5.32 Å². The Hall–Kier alpha value is -2.77. The third-order valence-corrected chi connectivity index (χ3v) is 2.49. The fraction of sp³-hybridized carbons (Fsp3) is 0.0909. The SMILES string of the molecule is Cc1[nH]ncc1C(=O)Nc1ccc([N+](=O)[O-])cc1F. The predicted octanol–water partition coefficient (Wildman–Crippen LogP) is 2.02. The number of aromatic amines is 1. The van der Waals surface area contributed by atoms with E-state index in [1.807, 2.05) is 0 Å². The van der Waals surface area contributed by atoms with Crippen LogP contribution in [0, 0.1) is 22.9 Å². The van der Waals surface area contributed by atoms with Gasteiger partial charge in [0.1, 0.15) is 0 Å². The standard InChI is InChI=1S/C11H9FN4O3/c1-6-8(5-13-15-6)11(17)14-10-3-2-7(16(18)19)4-9(10)12/h2-5H,1H3,(H,13,15)(H,14,17). The van der Waals surface area contributed by atoms with Crippen LogP contribution in [0.5, 0.6) is 0 Å². The number of nitro benzene ring substituents is 1. The number of nitrogens with zero attached hydrogens (tertiary/aromatic N) is 2. The summed E-state index contributed by atoms with van der Waals surface area (Å²) in [6.07, 6.45) is 1.31. The smallest absolute Gasteiger partial charge is 0.272 e. The van der Waals surface area contributed by atoms with Crippen LogP contribution in [0.4, 0.5) is 15.8 Å². The second-order valence-electron chi connectivity index (χ2n) is 3.78. The van der Waals surface area contributed by atoms with Gasteiger partial charge in [-0.3, -0.25) is 20.0 Å². The highest BCUT2D eigenvalue weighted by atomic mass is 19.1. The molecule has 0 saturated heterocycles. The Bertz CT molecular complexity index is 653. The molecule has 1 heterocycles. The number of benzene rings is 1.